The normalized spacial score (nSPS) is 11.1. The van der Waals surface area contributed by atoms with Gasteiger partial charge < -0.3 is 10.4 Å². The Balaban J connectivity index is 3.16. The van der Waals surface area contributed by atoms with E-state index in [0.29, 0.717) is 5.69 Å². The average molecular weight is 252 g/mol. The van der Waals surface area contributed by atoms with Gasteiger partial charge in [-0.3, -0.25) is 10.1 Å². The first-order valence-electron chi connectivity index (χ1n) is 5.57. The molecule has 18 heavy (non-hydrogen) atoms. The third-order valence-corrected chi connectivity index (χ3v) is 2.79. The Morgan fingerprint density at radius 1 is 1.50 bits per heavy atom. The van der Waals surface area contributed by atoms with Crippen LogP contribution in [0.25, 0.3) is 0 Å². The summed E-state index contributed by atoms with van der Waals surface area (Å²) in [5.74, 6) is -1.31. The van der Waals surface area contributed by atoms with E-state index in [4.69, 9.17) is 5.11 Å². The summed E-state index contributed by atoms with van der Waals surface area (Å²) >= 11 is 0. The number of anilines is 1. The van der Waals surface area contributed by atoms with E-state index in [0.717, 1.165) is 6.42 Å². The first-order valence-corrected chi connectivity index (χ1v) is 5.57. The molecular formula is C12H16N2O4. The second-order valence-corrected chi connectivity index (χ2v) is 4.66. The van der Waals surface area contributed by atoms with Gasteiger partial charge in [-0.2, -0.15) is 0 Å². The minimum absolute atomic E-state index is 0.202. The Morgan fingerprint density at radius 2 is 2.11 bits per heavy atom. The summed E-state index contributed by atoms with van der Waals surface area (Å²) in [6, 6.07) is 4.01. The lowest BCUT2D eigenvalue weighted by atomic mass is 10.0. The molecule has 1 aromatic rings. The number of nitro groups is 1. The molecule has 0 saturated heterocycles. The summed E-state index contributed by atoms with van der Waals surface area (Å²) in [6.45, 7) is 5.93. The monoisotopic (exact) mass is 252 g/mol. The van der Waals surface area contributed by atoms with Crippen molar-refractivity contribution in [3.63, 3.8) is 0 Å². The molecule has 0 spiro atoms. The highest BCUT2D eigenvalue weighted by Gasteiger charge is 2.21. The minimum atomic E-state index is -1.31. The van der Waals surface area contributed by atoms with Crippen LogP contribution in [0.15, 0.2) is 18.2 Å². The predicted molar refractivity (Wildman–Crippen MR) is 68.0 cm³/mol. The summed E-state index contributed by atoms with van der Waals surface area (Å²) in [7, 11) is 0. The largest absolute Gasteiger partial charge is 0.477 e. The number of nitro benzene ring substituents is 1. The lowest BCUT2D eigenvalue weighted by Crippen LogP contribution is -2.29. The van der Waals surface area contributed by atoms with Gasteiger partial charge in [0.1, 0.15) is 5.56 Å². The average Bonchev–Trinajstić information content (AvgIpc) is 2.28. The molecule has 1 aromatic carbocycles. The van der Waals surface area contributed by atoms with Crippen LogP contribution >= 0.6 is 0 Å². The molecule has 6 heteroatoms. The molecule has 0 heterocycles. The van der Waals surface area contributed by atoms with Crippen molar-refractivity contribution in [1.29, 1.82) is 0 Å². The summed E-state index contributed by atoms with van der Waals surface area (Å²) in [5, 5.41) is 22.8. The molecule has 0 aliphatic rings. The van der Waals surface area contributed by atoms with Crippen LogP contribution in [0.2, 0.25) is 0 Å². The minimum Gasteiger partial charge on any atom is -0.477 e. The predicted octanol–water partition coefficient (Wildman–Crippen LogP) is 2.89. The van der Waals surface area contributed by atoms with Gasteiger partial charge in [-0.1, -0.05) is 6.92 Å². The maximum Gasteiger partial charge on any atom is 0.342 e. The van der Waals surface area contributed by atoms with Crippen LogP contribution in [0.1, 0.15) is 37.6 Å². The van der Waals surface area contributed by atoms with E-state index < -0.39 is 16.6 Å². The molecule has 0 saturated carbocycles. The van der Waals surface area contributed by atoms with Crippen LogP contribution in [-0.4, -0.2) is 21.5 Å². The van der Waals surface area contributed by atoms with Gasteiger partial charge >= 0.3 is 5.97 Å². The number of benzene rings is 1. The van der Waals surface area contributed by atoms with Gasteiger partial charge in [0.05, 0.1) is 4.92 Å². The number of nitrogens with one attached hydrogen (secondary N) is 1. The Labute approximate surface area is 105 Å². The standard InChI is InChI=1S/C12H16N2O4/c1-4-12(2,3)13-8-5-6-10(14(17)18)9(7-8)11(15)16/h5-7,13H,4H2,1-3H3,(H,15,16). The Bertz CT molecular complexity index is 483. The van der Waals surface area contributed by atoms with Crippen molar-refractivity contribution in [3.05, 3.63) is 33.9 Å². The van der Waals surface area contributed by atoms with Crippen molar-refractivity contribution in [3.8, 4) is 0 Å². The quantitative estimate of drug-likeness (QED) is 0.620. The molecule has 0 aliphatic carbocycles. The van der Waals surface area contributed by atoms with E-state index in [1.54, 1.807) is 0 Å². The van der Waals surface area contributed by atoms with Crippen molar-refractivity contribution in [2.24, 2.45) is 0 Å². The lowest BCUT2D eigenvalue weighted by molar-refractivity contribution is -0.385. The van der Waals surface area contributed by atoms with Crippen molar-refractivity contribution in [2.75, 3.05) is 5.32 Å². The van der Waals surface area contributed by atoms with E-state index in [2.05, 4.69) is 5.32 Å². The second-order valence-electron chi connectivity index (χ2n) is 4.66. The zero-order chi connectivity index (χ0) is 13.9. The summed E-state index contributed by atoms with van der Waals surface area (Å²) in [4.78, 5) is 21.0. The van der Waals surface area contributed by atoms with E-state index in [1.807, 2.05) is 20.8 Å². The first-order chi connectivity index (χ1) is 8.26. The molecule has 6 nitrogen and oxygen atoms in total. The van der Waals surface area contributed by atoms with Gasteiger partial charge in [0, 0.05) is 17.3 Å². The van der Waals surface area contributed by atoms with E-state index in [9.17, 15) is 14.9 Å². The van der Waals surface area contributed by atoms with E-state index >= 15 is 0 Å². The zero-order valence-corrected chi connectivity index (χ0v) is 10.6. The molecule has 1 rings (SSSR count). The van der Waals surface area contributed by atoms with Gasteiger partial charge in [0.2, 0.25) is 0 Å². The summed E-state index contributed by atoms with van der Waals surface area (Å²) in [6.07, 6.45) is 0.840. The van der Waals surface area contributed by atoms with E-state index in [1.165, 1.54) is 18.2 Å². The molecule has 0 radical (unpaired) electrons. The third-order valence-electron chi connectivity index (χ3n) is 2.79. The number of rotatable bonds is 5. The molecule has 98 valence electrons. The molecule has 0 aromatic heterocycles. The van der Waals surface area contributed by atoms with Gasteiger partial charge in [0.15, 0.2) is 0 Å². The highest BCUT2D eigenvalue weighted by atomic mass is 16.6. The van der Waals surface area contributed by atoms with Gasteiger partial charge in [-0.05, 0) is 32.4 Å². The number of aromatic carboxylic acids is 1. The number of nitrogens with zero attached hydrogens (tertiary/aromatic N) is 1. The maximum atomic E-state index is 11.0. The fraction of sp³-hybridized carbons (Fsp3) is 0.417. The van der Waals surface area contributed by atoms with Gasteiger partial charge in [0.25, 0.3) is 5.69 Å². The van der Waals surface area contributed by atoms with Gasteiger partial charge in [-0.15, -0.1) is 0 Å². The smallest absolute Gasteiger partial charge is 0.342 e. The second kappa shape index (κ2) is 5.03. The van der Waals surface area contributed by atoms with Crippen LogP contribution in [0.3, 0.4) is 0 Å². The van der Waals surface area contributed by atoms with Crippen LogP contribution in [0.4, 0.5) is 11.4 Å². The fourth-order valence-electron chi connectivity index (χ4n) is 1.42. The van der Waals surface area contributed by atoms with Crippen LogP contribution < -0.4 is 5.32 Å². The Kier molecular flexibility index (Phi) is 3.90. The molecule has 0 amide bonds. The SMILES string of the molecule is CCC(C)(C)Nc1ccc([N+](=O)[O-])c(C(=O)O)c1. The Morgan fingerprint density at radius 3 is 2.56 bits per heavy atom. The molecule has 0 fully saturated rings. The molecule has 0 aliphatic heterocycles. The van der Waals surface area contributed by atoms with E-state index in [-0.39, 0.29) is 11.1 Å². The number of hydrogen-bond donors (Lipinski definition) is 2. The van der Waals surface area contributed by atoms with Gasteiger partial charge in [-0.25, -0.2) is 4.79 Å². The van der Waals surface area contributed by atoms with Crippen molar-refractivity contribution in [2.45, 2.75) is 32.7 Å². The van der Waals surface area contributed by atoms with Crippen molar-refractivity contribution >= 4 is 17.3 Å². The molecule has 0 unspecified atom stereocenters. The molecule has 2 N–H and O–H groups in total. The molecule has 0 bridgehead atoms. The first kappa shape index (κ1) is 14.0. The number of carboxylic acid groups (broad SMARTS) is 1. The summed E-state index contributed by atoms with van der Waals surface area (Å²) < 4.78 is 0. The fourth-order valence-corrected chi connectivity index (χ4v) is 1.42. The third kappa shape index (κ3) is 3.19. The molecule has 0 atom stereocenters. The number of carboxylic acids is 1. The lowest BCUT2D eigenvalue weighted by Gasteiger charge is -2.26. The highest BCUT2D eigenvalue weighted by Crippen LogP contribution is 2.25. The van der Waals surface area contributed by atoms with Crippen molar-refractivity contribution < 1.29 is 14.8 Å². The van der Waals surface area contributed by atoms with Crippen LogP contribution in [-0.2, 0) is 0 Å². The van der Waals surface area contributed by atoms with Crippen molar-refractivity contribution in [1.82, 2.24) is 0 Å². The van der Waals surface area contributed by atoms with Crippen LogP contribution in [0.5, 0.6) is 0 Å². The topological polar surface area (TPSA) is 92.5 Å². The number of hydrogen-bond acceptors (Lipinski definition) is 4. The molecular weight excluding hydrogens is 236 g/mol. The summed E-state index contributed by atoms with van der Waals surface area (Å²) in [5.41, 5.74) is -0.351. The highest BCUT2D eigenvalue weighted by molar-refractivity contribution is 5.93. The number of carbonyl (C=O) groups is 1. The maximum absolute atomic E-state index is 11.0. The zero-order valence-electron chi connectivity index (χ0n) is 10.6. The Hall–Kier alpha value is -2.11. The van der Waals surface area contributed by atoms with Crippen LogP contribution in [0, 0.1) is 10.1 Å².